The molecule has 0 amide bonds. The van der Waals surface area contributed by atoms with Crippen LogP contribution in [0.15, 0.2) is 200 Å². The van der Waals surface area contributed by atoms with Crippen molar-refractivity contribution in [2.75, 3.05) is 0 Å². The van der Waals surface area contributed by atoms with Crippen molar-refractivity contribution in [1.29, 1.82) is 0 Å². The molecule has 0 saturated heterocycles. The third-order valence-electron chi connectivity index (χ3n) is 11.9. The van der Waals surface area contributed by atoms with Gasteiger partial charge in [0.15, 0.2) is 23.3 Å². The average Bonchev–Trinajstić information content (AvgIpc) is 3.58. The highest BCUT2D eigenvalue weighted by atomic mass is 15.0. The largest absolute Gasteiger partial charge is 0.228 e. The average molecular weight is 782 g/mol. The summed E-state index contributed by atoms with van der Waals surface area (Å²) in [6, 6.07) is 69.6. The van der Waals surface area contributed by atoms with Gasteiger partial charge in [-0.15, -0.1) is 0 Å². The molecule has 0 unspecified atom stereocenters. The number of fused-ring (bicyclic) bond motifs is 5. The summed E-state index contributed by atoms with van der Waals surface area (Å²) in [7, 11) is 0. The van der Waals surface area contributed by atoms with Gasteiger partial charge < -0.3 is 0 Å². The lowest BCUT2D eigenvalue weighted by atomic mass is 9.82. The summed E-state index contributed by atoms with van der Waals surface area (Å²) < 4.78 is 0. The second-order valence-electron chi connectivity index (χ2n) is 16.1. The van der Waals surface area contributed by atoms with Gasteiger partial charge >= 0.3 is 0 Å². The lowest BCUT2D eigenvalue weighted by molar-refractivity contribution is 0.661. The van der Waals surface area contributed by atoms with E-state index in [-0.39, 0.29) is 5.41 Å². The van der Waals surface area contributed by atoms with Crippen molar-refractivity contribution in [2.45, 2.75) is 19.3 Å². The molecule has 1 aliphatic rings. The van der Waals surface area contributed by atoms with Crippen molar-refractivity contribution in [3.63, 3.8) is 0 Å². The Morgan fingerprint density at radius 1 is 0.311 bits per heavy atom. The number of hydrogen-bond donors (Lipinski definition) is 0. The smallest absolute Gasteiger partial charge is 0.164 e. The molecule has 0 N–H and O–H groups in total. The van der Waals surface area contributed by atoms with Gasteiger partial charge in [0.25, 0.3) is 0 Å². The Balaban J connectivity index is 1.04. The van der Waals surface area contributed by atoms with Crippen LogP contribution in [0.5, 0.6) is 0 Å². The van der Waals surface area contributed by atoms with E-state index in [9.17, 15) is 0 Å². The van der Waals surface area contributed by atoms with Gasteiger partial charge in [0, 0.05) is 38.8 Å². The molecule has 0 atom stereocenters. The van der Waals surface area contributed by atoms with E-state index in [0.29, 0.717) is 23.3 Å². The molecule has 1 aliphatic carbocycles. The Kier molecular flexibility index (Phi) is 8.75. The van der Waals surface area contributed by atoms with Gasteiger partial charge in [-0.3, -0.25) is 0 Å². The van der Waals surface area contributed by atoms with Crippen LogP contribution in [0.25, 0.3) is 101 Å². The third-order valence-corrected chi connectivity index (χ3v) is 11.9. The summed E-state index contributed by atoms with van der Waals surface area (Å²) >= 11 is 0. The van der Waals surface area contributed by atoms with Crippen LogP contribution in [0.1, 0.15) is 25.0 Å². The minimum atomic E-state index is -0.191. The Morgan fingerprint density at radius 2 is 0.787 bits per heavy atom. The normalized spacial score (nSPS) is 12.6. The van der Waals surface area contributed by atoms with Gasteiger partial charge in [-0.25, -0.2) is 24.9 Å². The highest BCUT2D eigenvalue weighted by Gasteiger charge is 2.38. The van der Waals surface area contributed by atoms with Gasteiger partial charge in [-0.1, -0.05) is 196 Å². The van der Waals surface area contributed by atoms with Gasteiger partial charge in [-0.05, 0) is 62.4 Å². The molecule has 0 bridgehead atoms. The van der Waals surface area contributed by atoms with E-state index in [1.807, 2.05) is 54.6 Å². The van der Waals surface area contributed by atoms with Crippen molar-refractivity contribution in [2.24, 2.45) is 0 Å². The van der Waals surface area contributed by atoms with E-state index in [2.05, 4.69) is 159 Å². The lowest BCUT2D eigenvalue weighted by Crippen LogP contribution is -2.14. The zero-order valence-corrected chi connectivity index (χ0v) is 33.8. The van der Waals surface area contributed by atoms with E-state index < -0.39 is 0 Å². The van der Waals surface area contributed by atoms with Crippen LogP contribution >= 0.6 is 0 Å². The molecule has 8 aromatic carbocycles. The first-order valence-electron chi connectivity index (χ1n) is 20.7. The van der Waals surface area contributed by atoms with E-state index in [1.54, 1.807) is 0 Å². The Morgan fingerprint density at radius 3 is 1.48 bits per heavy atom. The number of nitrogens with zero attached hydrogens (tertiary/aromatic N) is 5. The minimum Gasteiger partial charge on any atom is -0.228 e. The van der Waals surface area contributed by atoms with Gasteiger partial charge in [0.2, 0.25) is 0 Å². The molecule has 0 aliphatic heterocycles. The fourth-order valence-corrected chi connectivity index (χ4v) is 8.84. The molecule has 2 aromatic heterocycles. The quantitative estimate of drug-likeness (QED) is 0.161. The van der Waals surface area contributed by atoms with Crippen molar-refractivity contribution < 1.29 is 0 Å². The number of aromatic nitrogens is 5. The fraction of sp³-hybridized carbons (Fsp3) is 0.0536. The standard InChI is InChI=1S/C56H39N5/c1-56(2)46-30-16-29-45(51(46)50-44-28-13-12-17-36(44)31-32-47(50)56)55-60-53(39-22-10-5-11-23-39)59-54(61-55)43-27-15-25-41(34-43)40-24-14-26-42(33-40)49-35-48(37-18-6-3-7-19-37)57-52(58-49)38-20-8-4-9-21-38/h3-35H,1-2H3. The first-order valence-corrected chi connectivity index (χ1v) is 20.7. The van der Waals surface area contributed by atoms with Crippen LogP contribution in [0.2, 0.25) is 0 Å². The van der Waals surface area contributed by atoms with E-state index >= 15 is 0 Å². The molecule has 0 saturated carbocycles. The summed E-state index contributed by atoms with van der Waals surface area (Å²) in [5.41, 5.74) is 14.5. The molecule has 0 spiro atoms. The summed E-state index contributed by atoms with van der Waals surface area (Å²) in [5, 5.41) is 2.45. The molecule has 2 heterocycles. The summed E-state index contributed by atoms with van der Waals surface area (Å²) in [6.45, 7) is 4.64. The lowest BCUT2D eigenvalue weighted by Gasteiger charge is -2.21. The van der Waals surface area contributed by atoms with Crippen molar-refractivity contribution in [1.82, 2.24) is 24.9 Å². The molecular weight excluding hydrogens is 743 g/mol. The molecule has 288 valence electrons. The van der Waals surface area contributed by atoms with Crippen LogP contribution < -0.4 is 0 Å². The summed E-state index contributed by atoms with van der Waals surface area (Å²) in [6.07, 6.45) is 0. The van der Waals surface area contributed by atoms with E-state index in [0.717, 1.165) is 55.9 Å². The molecule has 10 aromatic rings. The van der Waals surface area contributed by atoms with Crippen LogP contribution in [0.4, 0.5) is 0 Å². The first kappa shape index (κ1) is 36.2. The van der Waals surface area contributed by atoms with Crippen LogP contribution in [-0.4, -0.2) is 24.9 Å². The summed E-state index contributed by atoms with van der Waals surface area (Å²) in [4.78, 5) is 25.8. The second kappa shape index (κ2) is 14.7. The minimum absolute atomic E-state index is 0.191. The Labute approximate surface area is 355 Å². The SMILES string of the molecule is CC1(C)c2cccc(-c3nc(-c4ccccc4)nc(-c4cccc(-c5cccc(-c6cc(-c7ccccc7)nc(-c7ccccc7)n6)c5)c4)n3)c2-c2c1ccc1ccccc21. The number of hydrogen-bond acceptors (Lipinski definition) is 5. The second-order valence-corrected chi connectivity index (χ2v) is 16.1. The monoisotopic (exact) mass is 781 g/mol. The maximum absolute atomic E-state index is 5.32. The van der Waals surface area contributed by atoms with E-state index in [1.165, 1.54) is 33.0 Å². The van der Waals surface area contributed by atoms with Crippen LogP contribution in [0, 0.1) is 0 Å². The number of benzene rings is 8. The Bertz CT molecular complexity index is 3210. The predicted octanol–water partition coefficient (Wildman–Crippen LogP) is 13.8. The molecular formula is C56H39N5. The highest BCUT2D eigenvalue weighted by molar-refractivity contribution is 6.06. The van der Waals surface area contributed by atoms with Gasteiger partial charge in [-0.2, -0.15) is 0 Å². The molecule has 11 rings (SSSR count). The van der Waals surface area contributed by atoms with E-state index in [4.69, 9.17) is 24.9 Å². The van der Waals surface area contributed by atoms with Gasteiger partial charge in [0.1, 0.15) is 0 Å². The Hall–Kier alpha value is -7.89. The third kappa shape index (κ3) is 6.48. The zero-order valence-electron chi connectivity index (χ0n) is 33.8. The molecule has 61 heavy (non-hydrogen) atoms. The van der Waals surface area contributed by atoms with Crippen LogP contribution in [-0.2, 0) is 5.41 Å². The van der Waals surface area contributed by atoms with Crippen LogP contribution in [0.3, 0.4) is 0 Å². The fourth-order valence-electron chi connectivity index (χ4n) is 8.84. The highest BCUT2D eigenvalue weighted by Crippen LogP contribution is 2.54. The topological polar surface area (TPSA) is 64.5 Å². The molecule has 5 nitrogen and oxygen atoms in total. The molecule has 0 radical (unpaired) electrons. The number of rotatable bonds is 7. The predicted molar refractivity (Wildman–Crippen MR) is 249 cm³/mol. The zero-order chi connectivity index (χ0) is 40.9. The van der Waals surface area contributed by atoms with Crippen molar-refractivity contribution in [3.05, 3.63) is 211 Å². The van der Waals surface area contributed by atoms with Crippen molar-refractivity contribution in [3.8, 4) is 90.3 Å². The molecule has 0 fully saturated rings. The maximum atomic E-state index is 5.32. The molecule has 5 heteroatoms. The maximum Gasteiger partial charge on any atom is 0.164 e. The first-order chi connectivity index (χ1) is 30.0. The van der Waals surface area contributed by atoms with Gasteiger partial charge in [0.05, 0.1) is 11.4 Å². The van der Waals surface area contributed by atoms with Crippen molar-refractivity contribution >= 4 is 10.8 Å². The summed E-state index contributed by atoms with van der Waals surface area (Å²) in [5.74, 6) is 2.59.